The van der Waals surface area contributed by atoms with E-state index in [0.717, 1.165) is 30.6 Å². The summed E-state index contributed by atoms with van der Waals surface area (Å²) in [6, 6.07) is 7.79. The van der Waals surface area contributed by atoms with Crippen molar-refractivity contribution in [3.8, 4) is 5.75 Å². The largest absolute Gasteiger partial charge is 0.491 e. The zero-order valence-electron chi connectivity index (χ0n) is 17.1. The van der Waals surface area contributed by atoms with Crippen LogP contribution in [-0.2, 0) is 19.4 Å². The number of aromatic nitrogens is 3. The second-order valence-electron chi connectivity index (χ2n) is 7.93. The Morgan fingerprint density at radius 3 is 2.62 bits per heavy atom. The number of fused-ring (bicyclic) bond motifs is 3. The molecule has 0 atom stereocenters. The second kappa shape index (κ2) is 8.64. The second-order valence-corrected chi connectivity index (χ2v) is 7.93. The number of rotatable bonds is 5. The minimum atomic E-state index is -0.152. The molecule has 0 saturated carbocycles. The number of amides is 1. The first-order chi connectivity index (χ1) is 14.1. The van der Waals surface area contributed by atoms with E-state index in [4.69, 9.17) is 4.74 Å². The maximum atomic E-state index is 12.8. The number of carbonyl (C=O) groups excluding carboxylic acids is 1. The average Bonchev–Trinajstić information content (AvgIpc) is 3.11. The molecule has 0 bridgehead atoms. The van der Waals surface area contributed by atoms with Crippen molar-refractivity contribution >= 4 is 11.6 Å². The van der Waals surface area contributed by atoms with Crippen molar-refractivity contribution in [1.29, 1.82) is 0 Å². The molecule has 0 radical (unpaired) electrons. The van der Waals surface area contributed by atoms with Crippen LogP contribution in [0, 0.1) is 0 Å². The van der Waals surface area contributed by atoms with Crippen LogP contribution < -0.4 is 10.1 Å². The summed E-state index contributed by atoms with van der Waals surface area (Å²) in [6.45, 7) is 4.45. The topological polar surface area (TPSA) is 68.5 Å². The fourth-order valence-electron chi connectivity index (χ4n) is 3.85. The van der Waals surface area contributed by atoms with Crippen molar-refractivity contribution in [2.45, 2.75) is 65.0 Å². The van der Waals surface area contributed by atoms with Crippen molar-refractivity contribution in [1.82, 2.24) is 19.9 Å². The summed E-state index contributed by atoms with van der Waals surface area (Å²) in [5.74, 6) is 0.680. The maximum Gasteiger partial charge on any atom is 0.257 e. The van der Waals surface area contributed by atoms with Gasteiger partial charge in [0.2, 0.25) is 0 Å². The van der Waals surface area contributed by atoms with Crippen molar-refractivity contribution in [2.75, 3.05) is 0 Å². The van der Waals surface area contributed by atoms with Gasteiger partial charge in [-0.25, -0.2) is 9.50 Å². The summed E-state index contributed by atoms with van der Waals surface area (Å²) < 4.78 is 7.53. The molecular weight excluding hydrogens is 364 g/mol. The molecule has 6 nitrogen and oxygen atoms in total. The SMILES string of the molecule is CC(C)Oc1ccc(CNC(=O)c2cnn3c4c(cnc23)CCCCCC4)cc1. The van der Waals surface area contributed by atoms with Gasteiger partial charge >= 0.3 is 0 Å². The summed E-state index contributed by atoms with van der Waals surface area (Å²) in [4.78, 5) is 17.3. The molecule has 6 heteroatoms. The van der Waals surface area contributed by atoms with E-state index in [2.05, 4.69) is 15.4 Å². The van der Waals surface area contributed by atoms with Crippen LogP contribution in [0.3, 0.4) is 0 Å². The molecule has 0 unspecified atom stereocenters. The normalized spacial score (nSPS) is 14.3. The van der Waals surface area contributed by atoms with E-state index in [9.17, 15) is 4.79 Å². The fraction of sp³-hybridized carbons (Fsp3) is 0.435. The van der Waals surface area contributed by atoms with Crippen LogP contribution in [0.25, 0.3) is 5.65 Å². The summed E-state index contributed by atoms with van der Waals surface area (Å²) in [5.41, 5.74) is 4.64. The van der Waals surface area contributed by atoms with E-state index in [1.54, 1.807) is 6.20 Å². The Bertz CT molecular complexity index is 992. The highest BCUT2D eigenvalue weighted by molar-refractivity contribution is 5.99. The lowest BCUT2D eigenvalue weighted by molar-refractivity contribution is 0.0952. The average molecular weight is 393 g/mol. The summed E-state index contributed by atoms with van der Waals surface area (Å²) in [7, 11) is 0. The molecule has 152 valence electrons. The number of carbonyl (C=O) groups is 1. The van der Waals surface area contributed by atoms with Crippen molar-refractivity contribution in [3.05, 3.63) is 59.0 Å². The molecular formula is C23H28N4O2. The van der Waals surface area contributed by atoms with E-state index in [1.165, 1.54) is 30.5 Å². The maximum absolute atomic E-state index is 12.8. The smallest absolute Gasteiger partial charge is 0.257 e. The lowest BCUT2D eigenvalue weighted by Crippen LogP contribution is -2.23. The Kier molecular flexibility index (Phi) is 5.79. The molecule has 4 rings (SSSR count). The van der Waals surface area contributed by atoms with Crippen LogP contribution in [-0.4, -0.2) is 26.6 Å². The van der Waals surface area contributed by atoms with Gasteiger partial charge < -0.3 is 10.1 Å². The predicted octanol–water partition coefficient (Wildman–Crippen LogP) is 4.11. The molecule has 1 amide bonds. The van der Waals surface area contributed by atoms with Crippen LogP contribution in [0.1, 0.15) is 66.7 Å². The molecule has 2 heterocycles. The standard InChI is InChI=1S/C23H28N4O2/c1-16(2)29-19-11-9-17(10-12-19)13-25-23(28)20-15-26-27-21-8-6-4-3-5-7-18(21)14-24-22(20)27/h9-12,14-16H,3-8,13H2,1-2H3,(H,25,28). The molecule has 3 aromatic rings. The molecule has 1 aliphatic carbocycles. The monoisotopic (exact) mass is 392 g/mol. The van der Waals surface area contributed by atoms with Crippen LogP contribution in [0.5, 0.6) is 5.75 Å². The number of benzene rings is 1. The zero-order valence-corrected chi connectivity index (χ0v) is 17.1. The molecule has 29 heavy (non-hydrogen) atoms. The minimum Gasteiger partial charge on any atom is -0.491 e. The first kappa shape index (κ1) is 19.4. The number of nitrogens with one attached hydrogen (secondary N) is 1. The Morgan fingerprint density at radius 1 is 1.10 bits per heavy atom. The third-order valence-electron chi connectivity index (χ3n) is 5.32. The number of hydrogen-bond donors (Lipinski definition) is 1. The predicted molar refractivity (Wildman–Crippen MR) is 112 cm³/mol. The van der Waals surface area contributed by atoms with E-state index >= 15 is 0 Å². The first-order valence-electron chi connectivity index (χ1n) is 10.5. The summed E-state index contributed by atoms with van der Waals surface area (Å²) >= 11 is 0. The Morgan fingerprint density at radius 2 is 1.86 bits per heavy atom. The summed E-state index contributed by atoms with van der Waals surface area (Å²) in [6.07, 6.45) is 10.6. The van der Waals surface area contributed by atoms with Crippen molar-refractivity contribution < 1.29 is 9.53 Å². The van der Waals surface area contributed by atoms with Gasteiger partial charge in [0, 0.05) is 18.4 Å². The minimum absolute atomic E-state index is 0.142. The van der Waals surface area contributed by atoms with Crippen molar-refractivity contribution in [3.63, 3.8) is 0 Å². The van der Waals surface area contributed by atoms with Gasteiger partial charge in [0.25, 0.3) is 5.91 Å². The van der Waals surface area contributed by atoms with Gasteiger partial charge in [-0.2, -0.15) is 5.10 Å². The fourth-order valence-corrected chi connectivity index (χ4v) is 3.85. The molecule has 2 aromatic heterocycles. The van der Waals surface area contributed by atoms with Gasteiger partial charge in [-0.15, -0.1) is 0 Å². The first-order valence-corrected chi connectivity index (χ1v) is 10.5. The Labute approximate surface area is 171 Å². The lowest BCUT2D eigenvalue weighted by Gasteiger charge is -2.14. The van der Waals surface area contributed by atoms with Crippen LogP contribution in [0.4, 0.5) is 0 Å². The number of aryl methyl sites for hydroxylation is 2. The Balaban J connectivity index is 1.48. The van der Waals surface area contributed by atoms with Crippen LogP contribution in [0.2, 0.25) is 0 Å². The third kappa shape index (κ3) is 4.42. The highest BCUT2D eigenvalue weighted by atomic mass is 16.5. The molecule has 1 aliphatic rings. The van der Waals surface area contributed by atoms with Gasteiger partial charge in [-0.1, -0.05) is 25.0 Å². The third-order valence-corrected chi connectivity index (χ3v) is 5.32. The van der Waals surface area contributed by atoms with E-state index < -0.39 is 0 Å². The number of hydrogen-bond acceptors (Lipinski definition) is 4. The molecule has 1 aromatic carbocycles. The molecule has 0 aliphatic heterocycles. The van der Waals surface area contributed by atoms with E-state index in [1.807, 2.05) is 48.8 Å². The Hall–Kier alpha value is -2.89. The molecule has 0 spiro atoms. The van der Waals surface area contributed by atoms with Gasteiger partial charge in [-0.05, 0) is 62.8 Å². The van der Waals surface area contributed by atoms with Crippen molar-refractivity contribution in [2.24, 2.45) is 0 Å². The van der Waals surface area contributed by atoms with Gasteiger partial charge in [-0.3, -0.25) is 4.79 Å². The van der Waals surface area contributed by atoms with Crippen LogP contribution >= 0.6 is 0 Å². The summed E-state index contributed by atoms with van der Waals surface area (Å²) in [5, 5.41) is 7.48. The van der Waals surface area contributed by atoms with E-state index in [0.29, 0.717) is 17.8 Å². The molecule has 0 saturated heterocycles. The van der Waals surface area contributed by atoms with Gasteiger partial charge in [0.1, 0.15) is 11.3 Å². The van der Waals surface area contributed by atoms with Gasteiger partial charge in [0.15, 0.2) is 5.65 Å². The zero-order chi connectivity index (χ0) is 20.2. The van der Waals surface area contributed by atoms with Crippen LogP contribution in [0.15, 0.2) is 36.7 Å². The number of ether oxygens (including phenoxy) is 1. The molecule has 0 fully saturated rings. The highest BCUT2D eigenvalue weighted by Crippen LogP contribution is 2.21. The quantitative estimate of drug-likeness (QED) is 0.710. The molecule has 1 N–H and O–H groups in total. The lowest BCUT2D eigenvalue weighted by atomic mass is 9.98. The van der Waals surface area contributed by atoms with Gasteiger partial charge in [0.05, 0.1) is 12.3 Å². The number of nitrogens with zero attached hydrogens (tertiary/aromatic N) is 3. The van der Waals surface area contributed by atoms with E-state index in [-0.39, 0.29) is 12.0 Å². The highest BCUT2D eigenvalue weighted by Gasteiger charge is 2.18.